The van der Waals surface area contributed by atoms with Crippen molar-refractivity contribution in [2.45, 2.75) is 17.7 Å². The van der Waals surface area contributed by atoms with Gasteiger partial charge in [-0.15, -0.1) is 0 Å². The molecule has 1 aliphatic carbocycles. The average Bonchev–Trinajstić information content (AvgIpc) is 3.06. The van der Waals surface area contributed by atoms with Crippen LogP contribution in [0.1, 0.15) is 12.8 Å². The first-order valence-electron chi connectivity index (χ1n) is 5.40. The second-order valence-corrected chi connectivity index (χ2v) is 6.56. The normalized spacial score (nSPS) is 17.2. The number of nitriles is 1. The standard InChI is InChI=1S/C12H14N2O2S/c1-17(15,16)11-4-2-10(3-5-11)14-9-12(8-13)6-7-12/h2-5,14H,6-7,9H2,1H3. The van der Waals surface area contributed by atoms with Gasteiger partial charge >= 0.3 is 0 Å². The van der Waals surface area contributed by atoms with Crippen molar-refractivity contribution in [3.8, 4) is 6.07 Å². The molecule has 0 unspecified atom stereocenters. The van der Waals surface area contributed by atoms with Crippen LogP contribution in [0, 0.1) is 16.7 Å². The first-order chi connectivity index (χ1) is 7.95. The molecule has 0 radical (unpaired) electrons. The van der Waals surface area contributed by atoms with Crippen LogP contribution >= 0.6 is 0 Å². The topological polar surface area (TPSA) is 70.0 Å². The zero-order valence-electron chi connectivity index (χ0n) is 9.60. The summed E-state index contributed by atoms with van der Waals surface area (Å²) >= 11 is 0. The molecule has 17 heavy (non-hydrogen) atoms. The molecule has 4 nitrogen and oxygen atoms in total. The molecular formula is C12H14N2O2S. The highest BCUT2D eigenvalue weighted by Gasteiger charge is 2.42. The van der Waals surface area contributed by atoms with Gasteiger partial charge in [-0.05, 0) is 37.1 Å². The van der Waals surface area contributed by atoms with E-state index in [9.17, 15) is 8.42 Å². The Labute approximate surface area is 101 Å². The quantitative estimate of drug-likeness (QED) is 0.884. The molecule has 0 atom stereocenters. The summed E-state index contributed by atoms with van der Waals surface area (Å²) in [5.74, 6) is 0. The van der Waals surface area contributed by atoms with Gasteiger partial charge in [0.1, 0.15) is 0 Å². The van der Waals surface area contributed by atoms with E-state index >= 15 is 0 Å². The van der Waals surface area contributed by atoms with Gasteiger partial charge < -0.3 is 5.32 Å². The molecule has 0 aliphatic heterocycles. The molecule has 1 N–H and O–H groups in total. The average molecular weight is 250 g/mol. The van der Waals surface area contributed by atoms with Crippen LogP contribution < -0.4 is 5.32 Å². The fourth-order valence-corrected chi connectivity index (χ4v) is 2.20. The molecule has 5 heteroatoms. The Kier molecular flexibility index (Phi) is 2.84. The van der Waals surface area contributed by atoms with Gasteiger partial charge in [-0.2, -0.15) is 5.26 Å². The second kappa shape index (κ2) is 4.04. The summed E-state index contributed by atoms with van der Waals surface area (Å²) in [4.78, 5) is 0.310. The van der Waals surface area contributed by atoms with E-state index in [1.807, 2.05) is 0 Å². The van der Waals surface area contributed by atoms with Gasteiger partial charge in [-0.3, -0.25) is 0 Å². The molecule has 0 amide bonds. The lowest BCUT2D eigenvalue weighted by atomic mass is 10.1. The number of sulfone groups is 1. The third-order valence-electron chi connectivity index (χ3n) is 3.00. The van der Waals surface area contributed by atoms with Gasteiger partial charge in [0.25, 0.3) is 0 Å². The van der Waals surface area contributed by atoms with Crippen LogP contribution in [0.25, 0.3) is 0 Å². The zero-order valence-corrected chi connectivity index (χ0v) is 10.4. The molecule has 0 aromatic heterocycles. The minimum absolute atomic E-state index is 0.199. The van der Waals surface area contributed by atoms with Crippen LogP contribution in [-0.2, 0) is 9.84 Å². The number of hydrogen-bond acceptors (Lipinski definition) is 4. The summed E-state index contributed by atoms with van der Waals surface area (Å²) in [5, 5.41) is 12.1. The predicted octanol–water partition coefficient (Wildman–Crippen LogP) is 1.81. The Bertz CT molecular complexity index is 551. The molecule has 2 rings (SSSR count). The lowest BCUT2D eigenvalue weighted by Gasteiger charge is -2.09. The maximum Gasteiger partial charge on any atom is 0.175 e. The Hall–Kier alpha value is -1.54. The van der Waals surface area contributed by atoms with Crippen LogP contribution in [0.15, 0.2) is 29.2 Å². The van der Waals surface area contributed by atoms with Gasteiger partial charge in [0, 0.05) is 18.5 Å². The number of hydrogen-bond donors (Lipinski definition) is 1. The monoisotopic (exact) mass is 250 g/mol. The van der Waals surface area contributed by atoms with E-state index in [2.05, 4.69) is 11.4 Å². The lowest BCUT2D eigenvalue weighted by molar-refractivity contribution is 0.602. The summed E-state index contributed by atoms with van der Waals surface area (Å²) in [6.07, 6.45) is 3.07. The lowest BCUT2D eigenvalue weighted by Crippen LogP contribution is -2.13. The molecule has 0 bridgehead atoms. The van der Waals surface area contributed by atoms with Crippen molar-refractivity contribution < 1.29 is 8.42 Å². The second-order valence-electron chi connectivity index (χ2n) is 4.54. The Balaban J connectivity index is 2.02. The first-order valence-corrected chi connectivity index (χ1v) is 7.30. The van der Waals surface area contributed by atoms with Gasteiger partial charge in [-0.25, -0.2) is 8.42 Å². The van der Waals surface area contributed by atoms with Crippen molar-refractivity contribution in [3.63, 3.8) is 0 Å². The predicted molar refractivity (Wildman–Crippen MR) is 65.3 cm³/mol. The van der Waals surface area contributed by atoms with E-state index in [1.165, 1.54) is 6.26 Å². The van der Waals surface area contributed by atoms with E-state index in [1.54, 1.807) is 24.3 Å². The highest BCUT2D eigenvalue weighted by molar-refractivity contribution is 7.90. The van der Waals surface area contributed by atoms with Gasteiger partial charge in [0.15, 0.2) is 9.84 Å². The third kappa shape index (κ3) is 2.77. The number of anilines is 1. The van der Waals surface area contributed by atoms with E-state index in [4.69, 9.17) is 5.26 Å². The smallest absolute Gasteiger partial charge is 0.175 e. The Morgan fingerprint density at radius 1 is 1.35 bits per heavy atom. The number of benzene rings is 1. The van der Waals surface area contributed by atoms with Crippen LogP contribution in [0.3, 0.4) is 0 Å². The molecule has 1 aromatic carbocycles. The molecular weight excluding hydrogens is 236 g/mol. The van der Waals surface area contributed by atoms with Crippen molar-refractivity contribution >= 4 is 15.5 Å². The van der Waals surface area contributed by atoms with Crippen molar-refractivity contribution in [2.75, 3.05) is 18.1 Å². The third-order valence-corrected chi connectivity index (χ3v) is 4.13. The summed E-state index contributed by atoms with van der Waals surface area (Å²) in [7, 11) is -3.14. The maximum absolute atomic E-state index is 11.3. The summed E-state index contributed by atoms with van der Waals surface area (Å²) in [6, 6.07) is 8.90. The molecule has 1 aromatic rings. The highest BCUT2D eigenvalue weighted by atomic mass is 32.2. The van der Waals surface area contributed by atoms with Crippen LogP contribution in [0.5, 0.6) is 0 Å². The van der Waals surface area contributed by atoms with Crippen molar-refractivity contribution in [3.05, 3.63) is 24.3 Å². The number of nitrogens with zero attached hydrogens (tertiary/aromatic N) is 1. The Morgan fingerprint density at radius 3 is 2.35 bits per heavy atom. The van der Waals surface area contributed by atoms with Gasteiger partial charge in [0.05, 0.1) is 16.4 Å². The number of rotatable bonds is 4. The summed E-state index contributed by atoms with van der Waals surface area (Å²) in [6.45, 7) is 0.627. The van der Waals surface area contributed by atoms with Gasteiger partial charge in [-0.1, -0.05) is 0 Å². The molecule has 1 aliphatic rings. The molecule has 90 valence electrons. The zero-order chi connectivity index (χ0) is 12.5. The van der Waals surface area contributed by atoms with Crippen LogP contribution in [0.2, 0.25) is 0 Å². The highest BCUT2D eigenvalue weighted by Crippen LogP contribution is 2.44. The van der Waals surface area contributed by atoms with E-state index in [-0.39, 0.29) is 5.41 Å². The van der Waals surface area contributed by atoms with E-state index in [0.29, 0.717) is 11.4 Å². The molecule has 1 saturated carbocycles. The molecule has 0 saturated heterocycles. The number of nitrogens with one attached hydrogen (secondary N) is 1. The van der Waals surface area contributed by atoms with Crippen LogP contribution in [0.4, 0.5) is 5.69 Å². The van der Waals surface area contributed by atoms with Crippen molar-refractivity contribution in [1.82, 2.24) is 0 Å². The molecule has 0 spiro atoms. The van der Waals surface area contributed by atoms with E-state index < -0.39 is 9.84 Å². The SMILES string of the molecule is CS(=O)(=O)c1ccc(NCC2(C#N)CC2)cc1. The van der Waals surface area contributed by atoms with Crippen molar-refractivity contribution in [1.29, 1.82) is 5.26 Å². The molecule has 1 fully saturated rings. The Morgan fingerprint density at radius 2 is 1.94 bits per heavy atom. The fraction of sp³-hybridized carbons (Fsp3) is 0.417. The maximum atomic E-state index is 11.3. The fourth-order valence-electron chi connectivity index (χ4n) is 1.57. The molecule has 0 heterocycles. The first kappa shape index (κ1) is 11.9. The minimum Gasteiger partial charge on any atom is -0.383 e. The van der Waals surface area contributed by atoms with Crippen molar-refractivity contribution in [2.24, 2.45) is 5.41 Å². The minimum atomic E-state index is -3.14. The summed E-state index contributed by atoms with van der Waals surface area (Å²) in [5.41, 5.74) is 0.647. The largest absolute Gasteiger partial charge is 0.383 e. The van der Waals surface area contributed by atoms with Crippen LogP contribution in [-0.4, -0.2) is 21.2 Å². The van der Waals surface area contributed by atoms with Gasteiger partial charge in [0.2, 0.25) is 0 Å². The summed E-state index contributed by atoms with van der Waals surface area (Å²) < 4.78 is 22.5. The van der Waals surface area contributed by atoms with E-state index in [0.717, 1.165) is 18.5 Å².